The summed E-state index contributed by atoms with van der Waals surface area (Å²) in [5.41, 5.74) is 6.68. The van der Waals surface area contributed by atoms with Gasteiger partial charge < -0.3 is 15.5 Å². The molecule has 0 spiro atoms. The van der Waals surface area contributed by atoms with Gasteiger partial charge in [0.05, 0.1) is 33.8 Å². The van der Waals surface area contributed by atoms with Crippen molar-refractivity contribution in [1.29, 1.82) is 0 Å². The van der Waals surface area contributed by atoms with Crippen LogP contribution < -0.4 is 16.3 Å². The molecule has 4 N–H and O–H groups in total. The molecule has 0 radical (unpaired) electrons. The number of hydrogen-bond donors (Lipinski definition) is 4. The second-order valence-electron chi connectivity index (χ2n) is 16.4. The number of aromatic nitrogens is 5. The van der Waals surface area contributed by atoms with E-state index in [2.05, 4.69) is 39.8 Å². The van der Waals surface area contributed by atoms with E-state index in [4.69, 9.17) is 20.0 Å². The normalized spacial score (nSPS) is 18.8. The van der Waals surface area contributed by atoms with E-state index in [-0.39, 0.29) is 43.0 Å². The number of fused-ring (bicyclic) bond motifs is 3. The number of imide groups is 1. The molecule has 63 heavy (non-hydrogen) atoms. The number of nitrogens with zero attached hydrogens (tertiary/aromatic N) is 6. The van der Waals surface area contributed by atoms with Crippen LogP contribution in [0.1, 0.15) is 84.1 Å². The van der Waals surface area contributed by atoms with Crippen molar-refractivity contribution >= 4 is 46.1 Å². The van der Waals surface area contributed by atoms with E-state index in [1.807, 2.05) is 35.3 Å². The molecule has 0 unspecified atom stereocenters. The summed E-state index contributed by atoms with van der Waals surface area (Å²) in [6.45, 7) is 2.51. The lowest BCUT2D eigenvalue weighted by molar-refractivity contribution is -0.135. The highest BCUT2D eigenvalue weighted by Gasteiger charge is 2.32. The van der Waals surface area contributed by atoms with Crippen molar-refractivity contribution in [3.05, 3.63) is 111 Å². The highest BCUT2D eigenvalue weighted by Crippen LogP contribution is 2.34. The number of carboxylic acid groups (broad SMARTS) is 1. The molecule has 1 saturated carbocycles. The van der Waals surface area contributed by atoms with Crippen LogP contribution in [-0.4, -0.2) is 76.3 Å². The Bertz CT molecular complexity index is 2830. The number of amides is 3. The smallest absolute Gasteiger partial charge is 0.329 e. The number of phenolic OH excluding ortho intramolecular Hbond substituents is 1. The van der Waals surface area contributed by atoms with E-state index in [9.17, 15) is 37.5 Å². The van der Waals surface area contributed by atoms with E-state index in [0.29, 0.717) is 18.0 Å². The number of carbonyl (C=O) groups is 4. The number of pyridine rings is 1. The summed E-state index contributed by atoms with van der Waals surface area (Å²) in [5, 5.41) is 27.0. The molecule has 1 saturated heterocycles. The first-order valence-electron chi connectivity index (χ1n) is 20.8. The number of phenols is 1. The summed E-state index contributed by atoms with van der Waals surface area (Å²) >= 11 is 0. The van der Waals surface area contributed by atoms with Gasteiger partial charge >= 0.3 is 5.69 Å². The third-order valence-corrected chi connectivity index (χ3v) is 12.4. The monoisotopic (exact) mass is 866 g/mol. The lowest BCUT2D eigenvalue weighted by atomic mass is 9.86. The predicted octanol–water partition coefficient (Wildman–Crippen LogP) is 5.66. The number of imidazole rings is 1. The van der Waals surface area contributed by atoms with Crippen molar-refractivity contribution in [3.8, 4) is 17.0 Å². The van der Waals surface area contributed by atoms with Gasteiger partial charge in [0.15, 0.2) is 17.4 Å². The second-order valence-corrected chi connectivity index (χ2v) is 16.4. The molecule has 0 bridgehead atoms. The van der Waals surface area contributed by atoms with Gasteiger partial charge in [-0.05, 0) is 104 Å². The lowest BCUT2D eigenvalue weighted by Gasteiger charge is -2.28. The SMILES string of the molecule is Cn1c(=O)n([C@@H]2CCC(=O)NC2=O)c2ccc(CCCN3Cc4cnc(-c5ccc6cn(C7CCC(CNC(=O)c8cc(F)c(O)c(F)c8F)CC7)nc6c5)cc4C3)cc21.O=CO. The fraction of sp³-hybridized carbons (Fsp3) is 0.356. The molecule has 5 heterocycles. The molecular weight excluding hydrogens is 822 g/mol. The Morgan fingerprint density at radius 1 is 0.952 bits per heavy atom. The number of nitrogens with one attached hydrogen (secondary N) is 2. The summed E-state index contributed by atoms with van der Waals surface area (Å²) in [5.74, 6) is -7.80. The van der Waals surface area contributed by atoms with Crippen molar-refractivity contribution in [3.63, 3.8) is 0 Å². The molecule has 1 aliphatic carbocycles. The van der Waals surface area contributed by atoms with Gasteiger partial charge in [0.2, 0.25) is 17.6 Å². The van der Waals surface area contributed by atoms with Crippen molar-refractivity contribution in [2.75, 3.05) is 13.1 Å². The third-order valence-electron chi connectivity index (χ3n) is 12.4. The summed E-state index contributed by atoms with van der Waals surface area (Å²) in [6, 6.07) is 14.2. The molecule has 18 heteroatoms. The molecule has 15 nitrogen and oxygen atoms in total. The Hall–Kier alpha value is -6.82. The topological polar surface area (TPSA) is 194 Å². The summed E-state index contributed by atoms with van der Waals surface area (Å²) in [7, 11) is 1.71. The molecule has 2 fully saturated rings. The van der Waals surface area contributed by atoms with Gasteiger partial charge in [-0.15, -0.1) is 0 Å². The Morgan fingerprint density at radius 2 is 1.71 bits per heavy atom. The molecule has 328 valence electrons. The first kappa shape index (κ1) is 42.9. The Labute approximate surface area is 358 Å². The highest BCUT2D eigenvalue weighted by atomic mass is 19.2. The first-order chi connectivity index (χ1) is 30.3. The molecule has 9 rings (SSSR count). The van der Waals surface area contributed by atoms with Gasteiger partial charge in [-0.1, -0.05) is 18.2 Å². The minimum atomic E-state index is -1.79. The first-order valence-corrected chi connectivity index (χ1v) is 20.8. The second kappa shape index (κ2) is 17.9. The van der Waals surface area contributed by atoms with E-state index in [1.165, 1.54) is 15.7 Å². The van der Waals surface area contributed by atoms with E-state index in [0.717, 1.165) is 91.4 Å². The van der Waals surface area contributed by atoms with Crippen LogP contribution in [0.4, 0.5) is 13.2 Å². The molecule has 1 atom stereocenters. The van der Waals surface area contributed by atoms with Gasteiger partial charge in [0.1, 0.15) is 6.04 Å². The maximum Gasteiger partial charge on any atom is 0.329 e. The van der Waals surface area contributed by atoms with Crippen LogP contribution in [-0.2, 0) is 40.9 Å². The predicted molar refractivity (Wildman–Crippen MR) is 224 cm³/mol. The molecule has 3 aliphatic rings. The summed E-state index contributed by atoms with van der Waals surface area (Å²) in [4.78, 5) is 65.5. The average Bonchev–Trinajstić information content (AvgIpc) is 3.97. The number of rotatable bonds is 10. The van der Waals surface area contributed by atoms with Crippen molar-refractivity contribution in [2.24, 2.45) is 13.0 Å². The summed E-state index contributed by atoms with van der Waals surface area (Å²) in [6.07, 6.45) is 9.46. The van der Waals surface area contributed by atoms with Crippen LogP contribution in [0.2, 0.25) is 0 Å². The summed E-state index contributed by atoms with van der Waals surface area (Å²) < 4.78 is 46.7. The maximum atomic E-state index is 14.2. The van der Waals surface area contributed by atoms with Crippen LogP contribution >= 0.6 is 0 Å². The van der Waals surface area contributed by atoms with Gasteiger partial charge in [0, 0.05) is 56.4 Å². The van der Waals surface area contributed by atoms with Crippen LogP contribution in [0.15, 0.2) is 65.7 Å². The Balaban J connectivity index is 0.00000177. The van der Waals surface area contributed by atoms with Crippen LogP contribution in [0.25, 0.3) is 33.2 Å². The largest absolute Gasteiger partial charge is 0.503 e. The quantitative estimate of drug-likeness (QED) is 0.0759. The zero-order chi connectivity index (χ0) is 44.5. The zero-order valence-electron chi connectivity index (χ0n) is 34.3. The van der Waals surface area contributed by atoms with Crippen molar-refractivity contribution in [2.45, 2.75) is 76.5 Å². The molecular formula is C45H45F3N8O7. The number of halogens is 3. The van der Waals surface area contributed by atoms with Crippen LogP contribution in [0, 0.1) is 23.4 Å². The minimum absolute atomic E-state index is 0.111. The molecule has 3 aromatic carbocycles. The van der Waals surface area contributed by atoms with Gasteiger partial charge in [-0.3, -0.25) is 48.2 Å². The van der Waals surface area contributed by atoms with Gasteiger partial charge in [-0.2, -0.15) is 9.49 Å². The molecule has 2 aliphatic heterocycles. The van der Waals surface area contributed by atoms with E-state index in [1.54, 1.807) is 11.6 Å². The Morgan fingerprint density at radius 3 is 2.48 bits per heavy atom. The van der Waals surface area contributed by atoms with Gasteiger partial charge in [0.25, 0.3) is 12.4 Å². The van der Waals surface area contributed by atoms with Gasteiger partial charge in [-0.25, -0.2) is 13.6 Å². The van der Waals surface area contributed by atoms with E-state index >= 15 is 0 Å². The fourth-order valence-electron chi connectivity index (χ4n) is 9.05. The molecule has 3 amide bonds. The lowest BCUT2D eigenvalue weighted by Crippen LogP contribution is -2.44. The zero-order valence-corrected chi connectivity index (χ0v) is 34.3. The average molecular weight is 867 g/mol. The third kappa shape index (κ3) is 8.67. The van der Waals surface area contributed by atoms with Crippen molar-refractivity contribution in [1.82, 2.24) is 39.4 Å². The number of aromatic hydroxyl groups is 1. The van der Waals surface area contributed by atoms with Crippen LogP contribution in [0.3, 0.4) is 0 Å². The van der Waals surface area contributed by atoms with Crippen molar-refractivity contribution < 1.29 is 42.6 Å². The molecule has 6 aromatic rings. The molecule has 3 aromatic heterocycles. The van der Waals surface area contributed by atoms with Crippen LogP contribution in [0.5, 0.6) is 5.75 Å². The maximum absolute atomic E-state index is 14.2. The number of piperidine rings is 1. The standard InChI is InChI=1S/C44H43F3N8O5.CH2O2/c1-52-37-15-24(6-11-35(37)55(44(52)60)36-12-13-38(56)50-43(36)59)3-2-14-53-21-28-17-33(48-20-29(28)22-53)26-7-8-27-23-54(51-34(27)16-26)30-9-4-25(5-10-30)19-49-42(58)31-18-32(45)41(57)40(47)39(31)46;2-1-3/h6-8,11,15-18,20,23,25,30,36,57H,2-5,9-10,12-14,19,21-22H2,1H3,(H,49,58)(H,50,56,59);1H,(H,2,3)/t25?,30?,36-;/m1./s1. The fourth-order valence-corrected chi connectivity index (χ4v) is 9.05. The number of benzene rings is 3. The van der Waals surface area contributed by atoms with E-state index < -0.39 is 46.6 Å². The number of hydrogen-bond acceptors (Lipinski definition) is 9. The number of aryl methyl sites for hydroxylation is 2. The number of carbonyl (C=O) groups excluding carboxylic acids is 3. The minimum Gasteiger partial charge on any atom is -0.503 e. The Kier molecular flexibility index (Phi) is 12.2. The highest BCUT2D eigenvalue weighted by molar-refractivity contribution is 6.00.